The van der Waals surface area contributed by atoms with Crippen LogP contribution in [0.4, 0.5) is 4.79 Å². The Morgan fingerprint density at radius 2 is 1.68 bits per heavy atom. The monoisotopic (exact) mass is 286 g/mol. The number of nitrogens with zero attached hydrogens (tertiary/aromatic N) is 2. The maximum Gasteiger partial charge on any atom is 0.410 e. The van der Waals surface area contributed by atoms with Gasteiger partial charge in [-0.1, -0.05) is 0 Å². The van der Waals surface area contributed by atoms with Crippen molar-refractivity contribution in [3.8, 4) is 0 Å². The zero-order valence-corrected chi connectivity index (χ0v) is 13.2. The van der Waals surface area contributed by atoms with E-state index in [4.69, 9.17) is 4.74 Å². The Kier molecular flexibility index (Phi) is 5.01. The van der Waals surface area contributed by atoms with Gasteiger partial charge in [0, 0.05) is 43.7 Å². The smallest absolute Gasteiger partial charge is 0.410 e. The first-order valence-electron chi connectivity index (χ1n) is 7.25. The van der Waals surface area contributed by atoms with Crippen LogP contribution in [0.2, 0.25) is 0 Å². The molecule has 2 fully saturated rings. The van der Waals surface area contributed by atoms with Crippen LogP contribution in [0.25, 0.3) is 0 Å². The molecule has 2 saturated heterocycles. The van der Waals surface area contributed by atoms with Gasteiger partial charge >= 0.3 is 6.09 Å². The average Bonchev–Trinajstić information content (AvgIpc) is 2.38. The first-order valence-corrected chi connectivity index (χ1v) is 8.41. The summed E-state index contributed by atoms with van der Waals surface area (Å²) in [5.41, 5.74) is -0.391. The van der Waals surface area contributed by atoms with Crippen molar-refractivity contribution in [1.29, 1.82) is 0 Å². The van der Waals surface area contributed by atoms with E-state index in [2.05, 4.69) is 4.90 Å². The molecule has 5 heteroatoms. The molecule has 0 N–H and O–H groups in total. The van der Waals surface area contributed by atoms with E-state index < -0.39 is 5.60 Å². The molecule has 2 rings (SSSR count). The number of carbonyl (C=O) groups is 1. The molecule has 0 bridgehead atoms. The standard InChI is InChI=1S/C14H26N2O2S/c1-14(2,3)18-13(17)16-6-4-12(5-7-16)15-8-10-19-11-9-15/h12H,4-11H2,1-3H3. The molecule has 2 aliphatic heterocycles. The molecular weight excluding hydrogens is 260 g/mol. The third-order valence-corrected chi connectivity index (χ3v) is 4.62. The van der Waals surface area contributed by atoms with E-state index in [9.17, 15) is 4.79 Å². The molecule has 110 valence electrons. The van der Waals surface area contributed by atoms with Gasteiger partial charge in [0.2, 0.25) is 0 Å². The van der Waals surface area contributed by atoms with Gasteiger partial charge in [0.25, 0.3) is 0 Å². The minimum absolute atomic E-state index is 0.153. The van der Waals surface area contributed by atoms with Crippen LogP contribution >= 0.6 is 11.8 Å². The van der Waals surface area contributed by atoms with Crippen LogP contribution in [0.3, 0.4) is 0 Å². The third-order valence-electron chi connectivity index (χ3n) is 3.68. The Morgan fingerprint density at radius 1 is 1.11 bits per heavy atom. The van der Waals surface area contributed by atoms with Crippen LogP contribution < -0.4 is 0 Å². The molecular formula is C14H26N2O2S. The van der Waals surface area contributed by atoms with E-state index in [1.807, 2.05) is 37.4 Å². The molecule has 0 aromatic heterocycles. The fourth-order valence-electron chi connectivity index (χ4n) is 2.68. The molecule has 0 unspecified atom stereocenters. The van der Waals surface area contributed by atoms with Gasteiger partial charge in [0.1, 0.15) is 5.60 Å². The summed E-state index contributed by atoms with van der Waals surface area (Å²) in [5, 5.41) is 0. The third kappa shape index (κ3) is 4.56. The maximum absolute atomic E-state index is 12.0. The molecule has 0 saturated carbocycles. The molecule has 0 aliphatic carbocycles. The number of carbonyl (C=O) groups excluding carboxylic acids is 1. The number of thioether (sulfide) groups is 1. The zero-order chi connectivity index (χ0) is 13.9. The Bertz CT molecular complexity index is 303. The maximum atomic E-state index is 12.0. The molecule has 0 atom stereocenters. The highest BCUT2D eigenvalue weighted by molar-refractivity contribution is 7.99. The van der Waals surface area contributed by atoms with E-state index in [1.165, 1.54) is 24.6 Å². The second kappa shape index (κ2) is 6.35. The summed E-state index contributed by atoms with van der Waals surface area (Å²) in [6, 6.07) is 0.666. The second-order valence-electron chi connectivity index (χ2n) is 6.35. The van der Waals surface area contributed by atoms with Crippen molar-refractivity contribution in [1.82, 2.24) is 9.80 Å². The second-order valence-corrected chi connectivity index (χ2v) is 7.57. The lowest BCUT2D eigenvalue weighted by molar-refractivity contribution is 0.0149. The minimum Gasteiger partial charge on any atom is -0.444 e. The molecule has 0 aromatic rings. The number of piperidine rings is 1. The average molecular weight is 286 g/mol. The van der Waals surface area contributed by atoms with E-state index in [1.54, 1.807) is 0 Å². The molecule has 0 aromatic carbocycles. The van der Waals surface area contributed by atoms with Crippen LogP contribution in [-0.4, -0.2) is 65.2 Å². The summed E-state index contributed by atoms with van der Waals surface area (Å²) < 4.78 is 5.43. The highest BCUT2D eigenvalue weighted by Crippen LogP contribution is 2.21. The summed E-state index contributed by atoms with van der Waals surface area (Å²) in [7, 11) is 0. The quantitative estimate of drug-likeness (QED) is 0.741. The lowest BCUT2D eigenvalue weighted by atomic mass is 10.0. The number of rotatable bonds is 1. The van der Waals surface area contributed by atoms with Crippen molar-refractivity contribution in [2.75, 3.05) is 37.7 Å². The normalized spacial score (nSPS) is 23.4. The number of likely N-dealkylation sites (tertiary alicyclic amines) is 1. The predicted molar refractivity (Wildman–Crippen MR) is 79.7 cm³/mol. The van der Waals surface area contributed by atoms with Gasteiger partial charge < -0.3 is 9.64 Å². The Labute approximate surface area is 120 Å². The van der Waals surface area contributed by atoms with Crippen molar-refractivity contribution in [2.24, 2.45) is 0 Å². The van der Waals surface area contributed by atoms with Crippen LogP contribution in [0, 0.1) is 0 Å². The van der Waals surface area contributed by atoms with Gasteiger partial charge in [-0.15, -0.1) is 0 Å². The molecule has 19 heavy (non-hydrogen) atoms. The summed E-state index contributed by atoms with van der Waals surface area (Å²) >= 11 is 2.05. The van der Waals surface area contributed by atoms with Crippen LogP contribution in [0.1, 0.15) is 33.6 Å². The van der Waals surface area contributed by atoms with E-state index in [0.29, 0.717) is 6.04 Å². The molecule has 0 spiro atoms. The molecule has 0 radical (unpaired) electrons. The van der Waals surface area contributed by atoms with E-state index in [0.717, 1.165) is 25.9 Å². The fraction of sp³-hybridized carbons (Fsp3) is 0.929. The Balaban J connectivity index is 1.77. The minimum atomic E-state index is -0.391. The van der Waals surface area contributed by atoms with Gasteiger partial charge in [-0.25, -0.2) is 4.79 Å². The molecule has 2 heterocycles. The summed E-state index contributed by atoms with van der Waals surface area (Å²) in [5.74, 6) is 2.51. The van der Waals surface area contributed by atoms with Crippen LogP contribution in [0.15, 0.2) is 0 Å². The molecule has 1 amide bonds. The Hall–Kier alpha value is -0.420. The summed E-state index contributed by atoms with van der Waals surface area (Å²) in [6.07, 6.45) is 2.02. The lowest BCUT2D eigenvalue weighted by Gasteiger charge is -2.40. The van der Waals surface area contributed by atoms with Crippen molar-refractivity contribution < 1.29 is 9.53 Å². The van der Waals surface area contributed by atoms with Crippen molar-refractivity contribution in [3.05, 3.63) is 0 Å². The predicted octanol–water partition coefficient (Wildman–Crippen LogP) is 2.43. The largest absolute Gasteiger partial charge is 0.444 e. The van der Waals surface area contributed by atoms with Gasteiger partial charge in [0.15, 0.2) is 0 Å². The van der Waals surface area contributed by atoms with E-state index >= 15 is 0 Å². The first-order chi connectivity index (χ1) is 8.96. The van der Waals surface area contributed by atoms with Gasteiger partial charge in [-0.05, 0) is 33.6 Å². The van der Waals surface area contributed by atoms with Gasteiger partial charge in [0.05, 0.1) is 0 Å². The molecule has 4 nitrogen and oxygen atoms in total. The summed E-state index contributed by atoms with van der Waals surface area (Å²) in [4.78, 5) is 16.4. The topological polar surface area (TPSA) is 32.8 Å². The number of amides is 1. The summed E-state index contributed by atoms with van der Waals surface area (Å²) in [6.45, 7) is 9.85. The molecule has 2 aliphatic rings. The van der Waals surface area contributed by atoms with Crippen molar-refractivity contribution in [2.45, 2.75) is 45.3 Å². The first kappa shape index (κ1) is 15.0. The van der Waals surface area contributed by atoms with Crippen LogP contribution in [0.5, 0.6) is 0 Å². The van der Waals surface area contributed by atoms with Crippen LogP contribution in [-0.2, 0) is 4.74 Å². The number of ether oxygens (including phenoxy) is 1. The van der Waals surface area contributed by atoms with Crippen molar-refractivity contribution in [3.63, 3.8) is 0 Å². The Morgan fingerprint density at radius 3 is 2.21 bits per heavy atom. The number of hydrogen-bond donors (Lipinski definition) is 0. The lowest BCUT2D eigenvalue weighted by Crippen LogP contribution is -2.49. The van der Waals surface area contributed by atoms with Gasteiger partial charge in [-0.3, -0.25) is 4.90 Å². The fourth-order valence-corrected chi connectivity index (χ4v) is 3.61. The highest BCUT2D eigenvalue weighted by atomic mass is 32.2. The SMILES string of the molecule is CC(C)(C)OC(=O)N1CCC(N2CCSCC2)CC1. The van der Waals surface area contributed by atoms with E-state index in [-0.39, 0.29) is 6.09 Å². The van der Waals surface area contributed by atoms with Gasteiger partial charge in [-0.2, -0.15) is 11.8 Å². The number of hydrogen-bond acceptors (Lipinski definition) is 4. The van der Waals surface area contributed by atoms with Crippen molar-refractivity contribution >= 4 is 17.9 Å². The highest BCUT2D eigenvalue weighted by Gasteiger charge is 2.29. The zero-order valence-electron chi connectivity index (χ0n) is 12.4.